The van der Waals surface area contributed by atoms with Crippen LogP contribution in [0.2, 0.25) is 5.02 Å². The predicted octanol–water partition coefficient (Wildman–Crippen LogP) is 3.45. The van der Waals surface area contributed by atoms with E-state index in [4.69, 9.17) is 11.6 Å². The van der Waals surface area contributed by atoms with Gasteiger partial charge in [-0.15, -0.1) is 0 Å². The third kappa shape index (κ3) is 2.72. The molecule has 0 bridgehead atoms. The number of aromatic amines is 1. The standard InChI is InChI=1S/C13H14ClF2N3/c14-11-1-4-17-12-10(11)7-9(18-12)8-19-5-2-13(15,16)3-6-19/h1,4,7H,2-3,5-6,8H2,(H,17,18). The lowest BCUT2D eigenvalue weighted by atomic mass is 10.1. The molecule has 0 amide bonds. The molecule has 0 saturated carbocycles. The average Bonchev–Trinajstić information content (AvgIpc) is 2.76. The number of hydrogen-bond donors (Lipinski definition) is 1. The number of hydrogen-bond acceptors (Lipinski definition) is 2. The topological polar surface area (TPSA) is 31.9 Å². The van der Waals surface area contributed by atoms with Crippen molar-refractivity contribution in [2.75, 3.05) is 13.1 Å². The lowest BCUT2D eigenvalue weighted by Crippen LogP contribution is -2.38. The third-order valence-corrected chi connectivity index (χ3v) is 3.85. The molecule has 1 aliphatic rings. The van der Waals surface area contributed by atoms with E-state index in [0.717, 1.165) is 16.7 Å². The van der Waals surface area contributed by atoms with Crippen LogP contribution in [-0.4, -0.2) is 33.9 Å². The van der Waals surface area contributed by atoms with Crippen molar-refractivity contribution in [3.63, 3.8) is 0 Å². The molecule has 0 spiro atoms. The summed E-state index contributed by atoms with van der Waals surface area (Å²) in [4.78, 5) is 9.40. The first-order valence-corrected chi connectivity index (χ1v) is 6.64. The van der Waals surface area contributed by atoms with E-state index in [2.05, 4.69) is 9.97 Å². The molecule has 0 aliphatic carbocycles. The molecule has 3 heterocycles. The van der Waals surface area contributed by atoms with E-state index in [1.54, 1.807) is 12.3 Å². The summed E-state index contributed by atoms with van der Waals surface area (Å²) < 4.78 is 26.1. The van der Waals surface area contributed by atoms with Gasteiger partial charge in [-0.3, -0.25) is 4.90 Å². The Hall–Kier alpha value is -1.20. The van der Waals surface area contributed by atoms with E-state index in [1.165, 1.54) is 0 Å². The Morgan fingerprint density at radius 1 is 1.37 bits per heavy atom. The monoisotopic (exact) mass is 285 g/mol. The van der Waals surface area contributed by atoms with Crippen LogP contribution in [-0.2, 0) is 6.54 Å². The van der Waals surface area contributed by atoms with E-state index in [-0.39, 0.29) is 12.8 Å². The molecule has 0 aromatic carbocycles. The van der Waals surface area contributed by atoms with Crippen LogP contribution in [0.15, 0.2) is 18.3 Å². The molecule has 1 N–H and O–H groups in total. The summed E-state index contributed by atoms with van der Waals surface area (Å²) in [6.07, 6.45) is 1.52. The van der Waals surface area contributed by atoms with Crippen molar-refractivity contribution >= 4 is 22.6 Å². The summed E-state index contributed by atoms with van der Waals surface area (Å²) in [5.74, 6) is -2.50. The first-order valence-electron chi connectivity index (χ1n) is 6.26. The minimum absolute atomic E-state index is 0.0633. The van der Waals surface area contributed by atoms with Gasteiger partial charge in [-0.25, -0.2) is 13.8 Å². The highest BCUT2D eigenvalue weighted by Gasteiger charge is 2.33. The third-order valence-electron chi connectivity index (χ3n) is 3.52. The lowest BCUT2D eigenvalue weighted by Gasteiger charge is -2.31. The number of H-pyrrole nitrogens is 1. The van der Waals surface area contributed by atoms with Gasteiger partial charge in [0.05, 0.1) is 5.02 Å². The summed E-state index contributed by atoms with van der Waals surface area (Å²) in [7, 11) is 0. The minimum atomic E-state index is -2.50. The lowest BCUT2D eigenvalue weighted by molar-refractivity contribution is -0.0568. The maximum Gasteiger partial charge on any atom is 0.250 e. The number of rotatable bonds is 2. The van der Waals surface area contributed by atoms with Crippen molar-refractivity contribution < 1.29 is 8.78 Å². The van der Waals surface area contributed by atoms with Gasteiger partial charge >= 0.3 is 0 Å². The molecule has 3 rings (SSSR count). The summed E-state index contributed by atoms with van der Waals surface area (Å²) in [6, 6.07) is 3.68. The van der Waals surface area contributed by atoms with E-state index >= 15 is 0 Å². The number of fused-ring (bicyclic) bond motifs is 1. The normalized spacial score (nSPS) is 19.9. The highest BCUT2D eigenvalue weighted by atomic mass is 35.5. The van der Waals surface area contributed by atoms with Crippen LogP contribution in [0.1, 0.15) is 18.5 Å². The van der Waals surface area contributed by atoms with Crippen LogP contribution in [0, 0.1) is 0 Å². The quantitative estimate of drug-likeness (QED) is 0.916. The second-order valence-electron chi connectivity index (χ2n) is 4.98. The number of likely N-dealkylation sites (tertiary alicyclic amines) is 1. The second-order valence-corrected chi connectivity index (χ2v) is 5.39. The summed E-state index contributed by atoms with van der Waals surface area (Å²) in [5.41, 5.74) is 1.70. The Bertz CT molecular complexity index is 587. The molecule has 19 heavy (non-hydrogen) atoms. The molecule has 6 heteroatoms. The number of aromatic nitrogens is 2. The van der Waals surface area contributed by atoms with Crippen molar-refractivity contribution in [2.45, 2.75) is 25.3 Å². The number of pyridine rings is 1. The van der Waals surface area contributed by atoms with Gasteiger partial charge in [0, 0.05) is 49.8 Å². The smallest absolute Gasteiger partial charge is 0.250 e. The number of nitrogens with zero attached hydrogens (tertiary/aromatic N) is 2. The number of alkyl halides is 2. The Kier molecular flexibility index (Phi) is 3.19. The van der Waals surface area contributed by atoms with E-state index < -0.39 is 5.92 Å². The van der Waals surface area contributed by atoms with Gasteiger partial charge in [0.15, 0.2) is 0 Å². The fourth-order valence-electron chi connectivity index (χ4n) is 2.41. The molecule has 102 valence electrons. The average molecular weight is 286 g/mol. The van der Waals surface area contributed by atoms with Crippen molar-refractivity contribution in [1.29, 1.82) is 0 Å². The van der Waals surface area contributed by atoms with Gasteiger partial charge in [0.25, 0.3) is 5.92 Å². The predicted molar refractivity (Wildman–Crippen MR) is 70.6 cm³/mol. The zero-order chi connectivity index (χ0) is 13.5. The Morgan fingerprint density at radius 2 is 2.11 bits per heavy atom. The molecular weight excluding hydrogens is 272 g/mol. The Balaban J connectivity index is 1.74. The Labute approximate surface area is 114 Å². The maximum atomic E-state index is 13.1. The van der Waals surface area contributed by atoms with Crippen molar-refractivity contribution in [1.82, 2.24) is 14.9 Å². The molecule has 2 aromatic rings. The minimum Gasteiger partial charge on any atom is -0.342 e. The van der Waals surface area contributed by atoms with Crippen LogP contribution in [0.4, 0.5) is 8.78 Å². The van der Waals surface area contributed by atoms with Crippen LogP contribution < -0.4 is 0 Å². The number of nitrogens with one attached hydrogen (secondary N) is 1. The fraction of sp³-hybridized carbons (Fsp3) is 0.462. The summed E-state index contributed by atoms with van der Waals surface area (Å²) in [6.45, 7) is 1.47. The molecule has 3 nitrogen and oxygen atoms in total. The highest BCUT2D eigenvalue weighted by molar-refractivity contribution is 6.35. The molecule has 1 aliphatic heterocycles. The molecule has 0 radical (unpaired) electrons. The SMILES string of the molecule is FC1(F)CCN(Cc2cc3c(Cl)ccnc3[nH]2)CC1. The van der Waals surface area contributed by atoms with Gasteiger partial charge in [-0.05, 0) is 12.1 Å². The second kappa shape index (κ2) is 4.72. The van der Waals surface area contributed by atoms with Gasteiger partial charge in [0.1, 0.15) is 5.65 Å². The van der Waals surface area contributed by atoms with Crippen molar-refractivity contribution in [3.8, 4) is 0 Å². The largest absolute Gasteiger partial charge is 0.342 e. The zero-order valence-corrected chi connectivity index (χ0v) is 11.1. The van der Waals surface area contributed by atoms with E-state index in [1.807, 2.05) is 11.0 Å². The summed E-state index contributed by atoms with van der Waals surface area (Å²) in [5, 5.41) is 1.53. The highest BCUT2D eigenvalue weighted by Crippen LogP contribution is 2.29. The van der Waals surface area contributed by atoms with Crippen LogP contribution in [0.5, 0.6) is 0 Å². The van der Waals surface area contributed by atoms with Gasteiger partial charge in [0.2, 0.25) is 0 Å². The van der Waals surface area contributed by atoms with E-state index in [9.17, 15) is 8.78 Å². The van der Waals surface area contributed by atoms with Gasteiger partial charge in [-0.1, -0.05) is 11.6 Å². The zero-order valence-electron chi connectivity index (χ0n) is 10.3. The van der Waals surface area contributed by atoms with Gasteiger partial charge < -0.3 is 4.98 Å². The van der Waals surface area contributed by atoms with Crippen molar-refractivity contribution in [2.24, 2.45) is 0 Å². The molecule has 0 unspecified atom stereocenters. The van der Waals surface area contributed by atoms with Crippen LogP contribution in [0.3, 0.4) is 0 Å². The van der Waals surface area contributed by atoms with Gasteiger partial charge in [-0.2, -0.15) is 0 Å². The fourth-order valence-corrected chi connectivity index (χ4v) is 2.61. The molecule has 1 saturated heterocycles. The van der Waals surface area contributed by atoms with Crippen LogP contribution in [0.25, 0.3) is 11.0 Å². The van der Waals surface area contributed by atoms with E-state index in [0.29, 0.717) is 24.7 Å². The maximum absolute atomic E-state index is 13.1. The summed E-state index contributed by atoms with van der Waals surface area (Å²) >= 11 is 6.08. The first kappa shape index (κ1) is 12.8. The number of halogens is 3. The molecular formula is C13H14ClF2N3. The first-order chi connectivity index (χ1) is 9.03. The Morgan fingerprint density at radius 3 is 2.79 bits per heavy atom. The van der Waals surface area contributed by atoms with Crippen LogP contribution >= 0.6 is 11.6 Å². The molecule has 2 aromatic heterocycles. The molecule has 0 atom stereocenters. The van der Waals surface area contributed by atoms with Crippen molar-refractivity contribution in [3.05, 3.63) is 29.0 Å². The molecule has 1 fully saturated rings. The number of piperidine rings is 1.